The quantitative estimate of drug-likeness (QED) is 0.494. The lowest BCUT2D eigenvalue weighted by Gasteiger charge is -2.33. The van der Waals surface area contributed by atoms with Gasteiger partial charge in [0.2, 0.25) is 0 Å². The van der Waals surface area contributed by atoms with E-state index in [2.05, 4.69) is 0 Å². The molecule has 1 aromatic carbocycles. The number of nitrogens with zero attached hydrogens (tertiary/aromatic N) is 2. The van der Waals surface area contributed by atoms with Crippen LogP contribution in [0.5, 0.6) is 0 Å². The summed E-state index contributed by atoms with van der Waals surface area (Å²) in [5.41, 5.74) is 5.76. The third-order valence-electron chi connectivity index (χ3n) is 3.59. The van der Waals surface area contributed by atoms with Gasteiger partial charge in [0.05, 0.1) is 17.1 Å². The normalized spacial score (nSPS) is 16.2. The zero-order chi connectivity index (χ0) is 15.2. The van der Waals surface area contributed by atoms with Crippen LogP contribution in [0.25, 0.3) is 0 Å². The topological polar surface area (TPSA) is 81.6 Å². The number of non-ortho nitro benzene ring substituents is 1. The molecule has 1 heterocycles. The number of hydrogen-bond donors (Lipinski definition) is 1. The summed E-state index contributed by atoms with van der Waals surface area (Å²) < 4.78 is 19.2. The average molecular weight is 297 g/mol. The van der Waals surface area contributed by atoms with Crippen LogP contribution in [-0.2, 0) is 4.74 Å². The van der Waals surface area contributed by atoms with Crippen molar-refractivity contribution in [3.63, 3.8) is 0 Å². The molecule has 0 bridgehead atoms. The van der Waals surface area contributed by atoms with E-state index in [-0.39, 0.29) is 11.8 Å². The van der Waals surface area contributed by atoms with Crippen molar-refractivity contribution in [1.82, 2.24) is 0 Å². The van der Waals surface area contributed by atoms with Crippen molar-refractivity contribution >= 4 is 11.4 Å². The summed E-state index contributed by atoms with van der Waals surface area (Å²) in [4.78, 5) is 12.2. The number of ether oxygens (including phenoxy) is 1. The zero-order valence-corrected chi connectivity index (χ0v) is 11.8. The minimum Gasteiger partial charge on any atom is -0.378 e. The second-order valence-electron chi connectivity index (χ2n) is 5.12. The number of hydrogen-bond acceptors (Lipinski definition) is 5. The SMILES string of the molecule is NCCCOC1CCN(c2cc(F)cc([N+](=O)[O-])c2)CC1. The summed E-state index contributed by atoms with van der Waals surface area (Å²) >= 11 is 0. The molecular weight excluding hydrogens is 277 g/mol. The number of nitro groups is 1. The van der Waals surface area contributed by atoms with Crippen molar-refractivity contribution in [2.24, 2.45) is 5.73 Å². The molecule has 0 amide bonds. The van der Waals surface area contributed by atoms with E-state index < -0.39 is 10.7 Å². The highest BCUT2D eigenvalue weighted by Gasteiger charge is 2.21. The molecule has 0 unspecified atom stereocenters. The molecule has 1 aliphatic rings. The molecule has 0 saturated carbocycles. The molecule has 1 aromatic rings. The van der Waals surface area contributed by atoms with E-state index in [1.54, 1.807) is 0 Å². The molecule has 0 aliphatic carbocycles. The summed E-state index contributed by atoms with van der Waals surface area (Å²) in [7, 11) is 0. The molecule has 0 spiro atoms. The maximum Gasteiger partial charge on any atom is 0.274 e. The van der Waals surface area contributed by atoms with Gasteiger partial charge < -0.3 is 15.4 Å². The molecule has 0 atom stereocenters. The minimum absolute atomic E-state index is 0.191. The first-order valence-electron chi connectivity index (χ1n) is 7.11. The van der Waals surface area contributed by atoms with Gasteiger partial charge in [-0.25, -0.2) is 4.39 Å². The summed E-state index contributed by atoms with van der Waals surface area (Å²) in [6.07, 6.45) is 2.69. The predicted octanol–water partition coefficient (Wildman–Crippen LogP) is 2.07. The molecule has 116 valence electrons. The molecule has 0 aromatic heterocycles. The first-order valence-corrected chi connectivity index (χ1v) is 7.11. The average Bonchev–Trinajstić information content (AvgIpc) is 2.47. The summed E-state index contributed by atoms with van der Waals surface area (Å²) in [6.45, 7) is 2.68. The van der Waals surface area contributed by atoms with E-state index in [4.69, 9.17) is 10.5 Å². The zero-order valence-electron chi connectivity index (χ0n) is 11.8. The Hall–Kier alpha value is -1.73. The van der Waals surface area contributed by atoms with E-state index in [1.807, 2.05) is 4.90 Å². The number of nitro benzene ring substituents is 1. The standard InChI is InChI=1S/C14H20FN3O3/c15-11-8-12(10-13(9-11)18(19)20)17-5-2-14(3-6-17)21-7-1-4-16/h8-10,14H,1-7,16H2. The second kappa shape index (κ2) is 7.33. The molecule has 0 radical (unpaired) electrons. The van der Waals surface area contributed by atoms with E-state index in [9.17, 15) is 14.5 Å². The minimum atomic E-state index is -0.583. The largest absolute Gasteiger partial charge is 0.378 e. The van der Waals surface area contributed by atoms with Crippen LogP contribution in [0.1, 0.15) is 19.3 Å². The van der Waals surface area contributed by atoms with Crippen LogP contribution >= 0.6 is 0 Å². The van der Waals surface area contributed by atoms with Crippen molar-refractivity contribution in [3.8, 4) is 0 Å². The molecular formula is C14H20FN3O3. The first kappa shape index (κ1) is 15.7. The molecule has 1 aliphatic heterocycles. The summed E-state index contributed by atoms with van der Waals surface area (Å²) in [5, 5.41) is 10.8. The number of benzene rings is 1. The maximum absolute atomic E-state index is 13.5. The van der Waals surface area contributed by atoms with Crippen LogP contribution in [-0.4, -0.2) is 37.3 Å². The molecule has 2 rings (SSSR count). The van der Waals surface area contributed by atoms with Crippen LogP contribution < -0.4 is 10.6 Å². The molecule has 6 nitrogen and oxygen atoms in total. The van der Waals surface area contributed by atoms with E-state index in [0.717, 1.165) is 25.3 Å². The molecule has 7 heteroatoms. The Morgan fingerprint density at radius 3 is 2.71 bits per heavy atom. The van der Waals surface area contributed by atoms with Crippen LogP contribution in [0.15, 0.2) is 18.2 Å². The van der Waals surface area contributed by atoms with Crippen LogP contribution in [0.4, 0.5) is 15.8 Å². The van der Waals surface area contributed by atoms with Crippen molar-refractivity contribution in [2.45, 2.75) is 25.4 Å². The predicted molar refractivity (Wildman–Crippen MR) is 77.9 cm³/mol. The lowest BCUT2D eigenvalue weighted by Crippen LogP contribution is -2.37. The highest BCUT2D eigenvalue weighted by molar-refractivity contribution is 5.53. The van der Waals surface area contributed by atoms with Crippen LogP contribution in [0.3, 0.4) is 0 Å². The van der Waals surface area contributed by atoms with Crippen molar-refractivity contribution in [2.75, 3.05) is 31.1 Å². The van der Waals surface area contributed by atoms with Crippen LogP contribution in [0.2, 0.25) is 0 Å². The maximum atomic E-state index is 13.5. The summed E-state index contributed by atoms with van der Waals surface area (Å²) in [5.74, 6) is -0.583. The molecule has 1 fully saturated rings. The smallest absolute Gasteiger partial charge is 0.274 e. The van der Waals surface area contributed by atoms with Crippen molar-refractivity contribution < 1.29 is 14.1 Å². The van der Waals surface area contributed by atoms with Gasteiger partial charge in [-0.15, -0.1) is 0 Å². The van der Waals surface area contributed by atoms with Gasteiger partial charge in [0, 0.05) is 31.5 Å². The van der Waals surface area contributed by atoms with Gasteiger partial charge in [-0.2, -0.15) is 0 Å². The number of piperidine rings is 1. The Morgan fingerprint density at radius 2 is 2.10 bits per heavy atom. The highest BCUT2D eigenvalue weighted by Crippen LogP contribution is 2.26. The number of anilines is 1. The highest BCUT2D eigenvalue weighted by atomic mass is 19.1. The fourth-order valence-electron chi connectivity index (χ4n) is 2.46. The molecule has 21 heavy (non-hydrogen) atoms. The van der Waals surface area contributed by atoms with E-state index in [1.165, 1.54) is 12.1 Å². The third-order valence-corrected chi connectivity index (χ3v) is 3.59. The van der Waals surface area contributed by atoms with Crippen LogP contribution in [0, 0.1) is 15.9 Å². The van der Waals surface area contributed by atoms with Gasteiger partial charge in [-0.3, -0.25) is 10.1 Å². The van der Waals surface area contributed by atoms with Gasteiger partial charge in [-0.1, -0.05) is 0 Å². The van der Waals surface area contributed by atoms with Gasteiger partial charge in [0.1, 0.15) is 5.82 Å². The first-order chi connectivity index (χ1) is 10.1. The monoisotopic (exact) mass is 297 g/mol. The van der Waals surface area contributed by atoms with E-state index in [0.29, 0.717) is 31.9 Å². The van der Waals surface area contributed by atoms with Gasteiger partial charge in [0.15, 0.2) is 0 Å². The lowest BCUT2D eigenvalue weighted by atomic mass is 10.1. The number of rotatable bonds is 6. The Balaban J connectivity index is 1.94. The lowest BCUT2D eigenvalue weighted by molar-refractivity contribution is -0.385. The Bertz CT molecular complexity index is 490. The fraction of sp³-hybridized carbons (Fsp3) is 0.571. The van der Waals surface area contributed by atoms with Crippen molar-refractivity contribution in [3.05, 3.63) is 34.1 Å². The second-order valence-corrected chi connectivity index (χ2v) is 5.12. The Labute approximate surface area is 122 Å². The Morgan fingerprint density at radius 1 is 1.38 bits per heavy atom. The Kier molecular flexibility index (Phi) is 5.46. The number of nitrogens with two attached hydrogens (primary N) is 1. The third kappa shape index (κ3) is 4.37. The van der Waals surface area contributed by atoms with Gasteiger partial charge in [0.25, 0.3) is 5.69 Å². The van der Waals surface area contributed by atoms with Gasteiger partial charge in [-0.05, 0) is 31.9 Å². The van der Waals surface area contributed by atoms with E-state index >= 15 is 0 Å². The number of halogens is 1. The molecule has 2 N–H and O–H groups in total. The molecule has 1 saturated heterocycles. The fourth-order valence-corrected chi connectivity index (χ4v) is 2.46. The summed E-state index contributed by atoms with van der Waals surface area (Å²) in [6, 6.07) is 3.69. The van der Waals surface area contributed by atoms with Gasteiger partial charge >= 0.3 is 0 Å². The van der Waals surface area contributed by atoms with Crippen molar-refractivity contribution in [1.29, 1.82) is 0 Å².